The van der Waals surface area contributed by atoms with Crippen LogP contribution in [0.2, 0.25) is 0 Å². The van der Waals surface area contributed by atoms with Gasteiger partial charge in [0.25, 0.3) is 5.91 Å². The Morgan fingerprint density at radius 3 is 2.58 bits per heavy atom. The summed E-state index contributed by atoms with van der Waals surface area (Å²) in [7, 11) is 3.79. The van der Waals surface area contributed by atoms with Crippen LogP contribution in [0.25, 0.3) is 10.7 Å². The Bertz CT molecular complexity index is 807. The first-order valence-electron chi connectivity index (χ1n) is 8.71. The molecule has 8 heteroatoms. The lowest BCUT2D eigenvalue weighted by atomic mass is 9.88. The average molecular weight is 370 g/mol. The fourth-order valence-corrected chi connectivity index (χ4v) is 4.03. The average Bonchev–Trinajstić information content (AvgIpc) is 3.27. The zero-order valence-corrected chi connectivity index (χ0v) is 15.8. The van der Waals surface area contributed by atoms with Gasteiger partial charge in [-0.15, -0.1) is 11.3 Å². The molecular formula is C18H22N6OS. The van der Waals surface area contributed by atoms with Gasteiger partial charge in [0.1, 0.15) is 5.54 Å². The number of hydrogen-bond acceptors (Lipinski definition) is 7. The Kier molecular flexibility index (Phi) is 4.46. The van der Waals surface area contributed by atoms with Gasteiger partial charge in [-0.3, -0.25) is 15.0 Å². The number of nitrogens with zero attached hydrogens (tertiary/aromatic N) is 5. The maximum atomic E-state index is 12.4. The summed E-state index contributed by atoms with van der Waals surface area (Å²) in [6.07, 6.45) is 5.28. The van der Waals surface area contributed by atoms with E-state index in [1.54, 1.807) is 11.3 Å². The van der Waals surface area contributed by atoms with Crippen molar-refractivity contribution in [3.8, 4) is 10.7 Å². The number of piperidine rings is 1. The van der Waals surface area contributed by atoms with E-state index in [0.29, 0.717) is 5.96 Å². The molecule has 1 fully saturated rings. The Hall–Kier alpha value is -2.32. The molecule has 1 amide bonds. The second-order valence-corrected chi connectivity index (χ2v) is 7.93. The highest BCUT2D eigenvalue weighted by molar-refractivity contribution is 7.13. The Morgan fingerprint density at radius 1 is 1.27 bits per heavy atom. The summed E-state index contributed by atoms with van der Waals surface area (Å²) in [4.78, 5) is 31.3. The number of thiophene rings is 1. The van der Waals surface area contributed by atoms with Crippen LogP contribution in [0.1, 0.15) is 18.4 Å². The van der Waals surface area contributed by atoms with Crippen molar-refractivity contribution in [2.24, 2.45) is 4.99 Å². The Labute approximate surface area is 156 Å². The van der Waals surface area contributed by atoms with Gasteiger partial charge in [-0.05, 0) is 24.3 Å². The van der Waals surface area contributed by atoms with E-state index in [4.69, 9.17) is 0 Å². The molecule has 0 aromatic carbocycles. The number of hydrogen-bond donors (Lipinski definition) is 1. The largest absolute Gasteiger partial charge is 0.349 e. The third-order valence-electron chi connectivity index (χ3n) is 4.93. The Morgan fingerprint density at radius 2 is 2.00 bits per heavy atom. The van der Waals surface area contributed by atoms with Crippen molar-refractivity contribution in [2.75, 3.05) is 27.2 Å². The van der Waals surface area contributed by atoms with Gasteiger partial charge in [-0.2, -0.15) is 0 Å². The van der Waals surface area contributed by atoms with Crippen LogP contribution in [0.15, 0.2) is 34.9 Å². The number of amides is 1. The molecule has 2 aliphatic heterocycles. The molecule has 0 radical (unpaired) electrons. The van der Waals surface area contributed by atoms with E-state index in [0.717, 1.165) is 48.7 Å². The molecule has 1 spiro atoms. The second kappa shape index (κ2) is 6.77. The van der Waals surface area contributed by atoms with Crippen LogP contribution in [-0.4, -0.2) is 64.4 Å². The first kappa shape index (κ1) is 17.1. The minimum Gasteiger partial charge on any atom is -0.349 e. The molecule has 2 aliphatic rings. The quantitative estimate of drug-likeness (QED) is 0.888. The van der Waals surface area contributed by atoms with E-state index in [9.17, 15) is 4.79 Å². The number of carbonyl (C=O) groups excluding carboxylic acids is 1. The van der Waals surface area contributed by atoms with Crippen LogP contribution in [0.3, 0.4) is 0 Å². The maximum absolute atomic E-state index is 12.4. The van der Waals surface area contributed by atoms with Crippen molar-refractivity contribution in [3.05, 3.63) is 35.5 Å². The third-order valence-corrected chi connectivity index (χ3v) is 5.79. The number of nitrogens with one attached hydrogen (secondary N) is 1. The minimum atomic E-state index is -0.588. The van der Waals surface area contributed by atoms with Gasteiger partial charge in [-0.1, -0.05) is 6.07 Å². The van der Waals surface area contributed by atoms with Crippen molar-refractivity contribution < 1.29 is 4.79 Å². The zero-order valence-electron chi connectivity index (χ0n) is 15.0. The number of guanidine groups is 1. The highest BCUT2D eigenvalue weighted by atomic mass is 32.1. The second-order valence-electron chi connectivity index (χ2n) is 6.98. The smallest absolute Gasteiger partial charge is 0.254 e. The summed E-state index contributed by atoms with van der Waals surface area (Å²) in [6, 6.07) is 4.03. The van der Waals surface area contributed by atoms with Crippen LogP contribution < -0.4 is 5.32 Å². The maximum Gasteiger partial charge on any atom is 0.254 e. The summed E-state index contributed by atoms with van der Waals surface area (Å²) in [5, 5.41) is 4.92. The predicted octanol–water partition coefficient (Wildman–Crippen LogP) is 1.59. The highest BCUT2D eigenvalue weighted by Gasteiger charge is 2.46. The first-order valence-corrected chi connectivity index (χ1v) is 9.59. The lowest BCUT2D eigenvalue weighted by Crippen LogP contribution is -2.49. The van der Waals surface area contributed by atoms with E-state index >= 15 is 0 Å². The molecule has 7 nitrogen and oxygen atoms in total. The van der Waals surface area contributed by atoms with Crippen molar-refractivity contribution in [2.45, 2.75) is 24.9 Å². The number of aromatic nitrogens is 2. The summed E-state index contributed by atoms with van der Waals surface area (Å²) < 4.78 is 0. The van der Waals surface area contributed by atoms with E-state index in [1.807, 2.05) is 48.9 Å². The van der Waals surface area contributed by atoms with Crippen LogP contribution in [0, 0.1) is 0 Å². The molecule has 4 rings (SSSR count). The summed E-state index contributed by atoms with van der Waals surface area (Å²) in [5.41, 5.74) is 0.505. The van der Waals surface area contributed by atoms with Gasteiger partial charge in [0.15, 0.2) is 5.82 Å². The van der Waals surface area contributed by atoms with E-state index in [-0.39, 0.29) is 5.91 Å². The van der Waals surface area contributed by atoms with Gasteiger partial charge in [0, 0.05) is 51.7 Å². The summed E-state index contributed by atoms with van der Waals surface area (Å²) in [6.45, 7) is 2.47. The molecular weight excluding hydrogens is 348 g/mol. The molecule has 2 aromatic heterocycles. The zero-order chi connectivity index (χ0) is 18.1. The molecule has 1 N–H and O–H groups in total. The molecule has 0 aliphatic carbocycles. The predicted molar refractivity (Wildman–Crippen MR) is 102 cm³/mol. The number of likely N-dealkylation sites (tertiary alicyclic amines) is 1. The van der Waals surface area contributed by atoms with Crippen molar-refractivity contribution >= 4 is 23.2 Å². The third kappa shape index (κ3) is 3.22. The summed E-state index contributed by atoms with van der Waals surface area (Å²) in [5.74, 6) is 1.47. The normalized spacial score (nSPS) is 19.5. The van der Waals surface area contributed by atoms with Gasteiger partial charge < -0.3 is 4.90 Å². The fraction of sp³-hybridized carbons (Fsp3) is 0.444. The van der Waals surface area contributed by atoms with E-state index < -0.39 is 5.54 Å². The number of rotatable bonds is 3. The van der Waals surface area contributed by atoms with Crippen LogP contribution in [-0.2, 0) is 11.3 Å². The molecule has 0 atom stereocenters. The van der Waals surface area contributed by atoms with Gasteiger partial charge in [0.05, 0.1) is 4.88 Å². The minimum absolute atomic E-state index is 0.0319. The molecule has 0 bridgehead atoms. The Balaban J connectivity index is 1.38. The van der Waals surface area contributed by atoms with E-state index in [2.05, 4.69) is 25.2 Å². The molecule has 136 valence electrons. The molecule has 4 heterocycles. The standard InChI is InChI=1S/C18H22N6OS/c1-23(2)17-21-16(25)18(22-17)5-7-24(8-6-18)12-13-10-19-15(20-11-13)14-4-3-9-26-14/h3-4,9-11H,5-8,12H2,1-2H3,(H,21,22,25). The van der Waals surface area contributed by atoms with Crippen molar-refractivity contribution in [1.82, 2.24) is 25.1 Å². The first-order chi connectivity index (χ1) is 12.6. The number of aliphatic imine (C=N–C) groups is 1. The van der Waals surface area contributed by atoms with Crippen LogP contribution >= 0.6 is 11.3 Å². The lowest BCUT2D eigenvalue weighted by molar-refractivity contribution is -0.125. The van der Waals surface area contributed by atoms with Crippen molar-refractivity contribution in [1.29, 1.82) is 0 Å². The van der Waals surface area contributed by atoms with Crippen LogP contribution in [0.4, 0.5) is 0 Å². The molecule has 26 heavy (non-hydrogen) atoms. The monoisotopic (exact) mass is 370 g/mol. The van der Waals surface area contributed by atoms with Gasteiger partial charge >= 0.3 is 0 Å². The lowest BCUT2D eigenvalue weighted by Gasteiger charge is -2.35. The SMILES string of the molecule is CN(C)C1=NC2(CCN(Cc3cnc(-c4cccs4)nc3)CC2)C(=O)N1. The molecule has 1 saturated heterocycles. The van der Waals surface area contributed by atoms with Gasteiger partial charge in [-0.25, -0.2) is 15.0 Å². The molecule has 0 saturated carbocycles. The number of carbonyl (C=O) groups is 1. The molecule has 2 aromatic rings. The van der Waals surface area contributed by atoms with Crippen molar-refractivity contribution in [3.63, 3.8) is 0 Å². The van der Waals surface area contributed by atoms with E-state index in [1.165, 1.54) is 0 Å². The fourth-order valence-electron chi connectivity index (χ4n) is 3.36. The summed E-state index contributed by atoms with van der Waals surface area (Å²) >= 11 is 1.64. The molecule has 0 unspecified atom stereocenters. The topological polar surface area (TPSA) is 73.7 Å². The van der Waals surface area contributed by atoms with Gasteiger partial charge in [0.2, 0.25) is 5.96 Å². The van der Waals surface area contributed by atoms with Crippen LogP contribution in [0.5, 0.6) is 0 Å². The highest BCUT2D eigenvalue weighted by Crippen LogP contribution is 2.30.